The molecule has 1 unspecified atom stereocenters. The molecule has 1 aliphatic heterocycles. The highest BCUT2D eigenvalue weighted by Gasteiger charge is 2.51. The van der Waals surface area contributed by atoms with Crippen molar-refractivity contribution in [1.29, 1.82) is 0 Å². The van der Waals surface area contributed by atoms with Gasteiger partial charge in [-0.3, -0.25) is 14.9 Å². The number of rotatable bonds is 3. The van der Waals surface area contributed by atoms with Crippen LogP contribution in [0.15, 0.2) is 16.2 Å². The van der Waals surface area contributed by atoms with E-state index in [1.807, 2.05) is 5.43 Å². The maximum atomic E-state index is 13.1. The minimum absolute atomic E-state index is 0.0698. The Labute approximate surface area is 130 Å². The maximum absolute atomic E-state index is 13.1. The number of halogens is 5. The molecule has 1 aromatic heterocycles. The van der Waals surface area contributed by atoms with Crippen LogP contribution < -0.4 is 5.43 Å². The van der Waals surface area contributed by atoms with Crippen LogP contribution in [0.5, 0.6) is 0 Å². The Hall–Kier alpha value is -1.62. The standard InChI is InChI=1S/C11H11BrF4N4O2/c1-4-6(12)7(19(2)17-4)9(21)20-11(22,10(15)16)3-5(18-20)8(13)14/h3,8,10,18,22H,1-2H3. The Kier molecular flexibility index (Phi) is 4.22. The summed E-state index contributed by atoms with van der Waals surface area (Å²) >= 11 is 3.07. The minimum atomic E-state index is -3.49. The lowest BCUT2D eigenvalue weighted by Crippen LogP contribution is -2.57. The third-order valence-corrected chi connectivity index (χ3v) is 4.03. The first kappa shape index (κ1) is 16.7. The molecule has 1 aromatic rings. The van der Waals surface area contributed by atoms with Gasteiger partial charge in [-0.05, 0) is 22.9 Å². The van der Waals surface area contributed by atoms with Crippen molar-refractivity contribution in [3.8, 4) is 0 Å². The molecule has 1 amide bonds. The Balaban J connectivity index is 2.45. The molecule has 1 aliphatic rings. The molecular formula is C11H11BrF4N4O2. The van der Waals surface area contributed by atoms with E-state index in [-0.39, 0.29) is 21.3 Å². The fourth-order valence-corrected chi connectivity index (χ4v) is 2.51. The van der Waals surface area contributed by atoms with Gasteiger partial charge in [0.2, 0.25) is 5.72 Å². The average Bonchev–Trinajstić information content (AvgIpc) is 2.89. The molecule has 0 aromatic carbocycles. The van der Waals surface area contributed by atoms with Crippen LogP contribution in [0.1, 0.15) is 16.2 Å². The van der Waals surface area contributed by atoms with E-state index in [0.717, 1.165) is 4.68 Å². The summed E-state index contributed by atoms with van der Waals surface area (Å²) in [7, 11) is 1.38. The number of carbonyl (C=O) groups is 1. The van der Waals surface area contributed by atoms with Crippen LogP contribution in [0.3, 0.4) is 0 Å². The molecule has 0 saturated heterocycles. The quantitative estimate of drug-likeness (QED) is 0.773. The van der Waals surface area contributed by atoms with Crippen LogP contribution in [0.2, 0.25) is 0 Å². The summed E-state index contributed by atoms with van der Waals surface area (Å²) in [5.41, 5.74) is -2.11. The van der Waals surface area contributed by atoms with Gasteiger partial charge >= 0.3 is 0 Å². The van der Waals surface area contributed by atoms with Gasteiger partial charge in [-0.1, -0.05) is 0 Å². The zero-order chi connectivity index (χ0) is 16.8. The lowest BCUT2D eigenvalue weighted by molar-refractivity contribution is -0.147. The largest absolute Gasteiger partial charge is 0.361 e. The van der Waals surface area contributed by atoms with Crippen LogP contribution >= 0.6 is 15.9 Å². The first-order chi connectivity index (χ1) is 10.1. The van der Waals surface area contributed by atoms with Gasteiger partial charge in [-0.25, -0.2) is 22.6 Å². The second kappa shape index (κ2) is 5.54. The number of allylic oxidation sites excluding steroid dienone is 1. The van der Waals surface area contributed by atoms with Gasteiger partial charge in [0.25, 0.3) is 18.8 Å². The first-order valence-electron chi connectivity index (χ1n) is 5.91. The van der Waals surface area contributed by atoms with Gasteiger partial charge < -0.3 is 5.11 Å². The van der Waals surface area contributed by atoms with Crippen LogP contribution in [0, 0.1) is 6.92 Å². The van der Waals surface area contributed by atoms with E-state index in [1.54, 1.807) is 6.92 Å². The van der Waals surface area contributed by atoms with Gasteiger partial charge in [0, 0.05) is 13.1 Å². The molecule has 0 bridgehead atoms. The molecule has 22 heavy (non-hydrogen) atoms. The van der Waals surface area contributed by atoms with E-state index in [4.69, 9.17) is 0 Å². The zero-order valence-electron chi connectivity index (χ0n) is 11.3. The van der Waals surface area contributed by atoms with Crippen molar-refractivity contribution in [3.63, 3.8) is 0 Å². The molecule has 2 N–H and O–H groups in total. The number of amides is 1. The van der Waals surface area contributed by atoms with Crippen LogP contribution in [-0.4, -0.2) is 44.4 Å². The average molecular weight is 387 g/mol. The van der Waals surface area contributed by atoms with Gasteiger partial charge in [-0.15, -0.1) is 0 Å². The lowest BCUT2D eigenvalue weighted by Gasteiger charge is -2.31. The Morgan fingerprint density at radius 3 is 2.45 bits per heavy atom. The van der Waals surface area contributed by atoms with Gasteiger partial charge in [0.15, 0.2) is 0 Å². The third kappa shape index (κ3) is 2.47. The summed E-state index contributed by atoms with van der Waals surface area (Å²) in [6.45, 7) is 1.56. The number of aryl methyl sites for hydroxylation is 2. The zero-order valence-corrected chi connectivity index (χ0v) is 12.9. The normalized spacial score (nSPS) is 21.5. The Bertz CT molecular complexity index is 648. The number of alkyl halides is 4. The summed E-state index contributed by atoms with van der Waals surface area (Å²) < 4.78 is 52.9. The van der Waals surface area contributed by atoms with Crippen molar-refractivity contribution in [2.24, 2.45) is 7.05 Å². The smallest absolute Gasteiger partial charge is 0.294 e. The molecule has 0 radical (unpaired) electrons. The number of nitrogens with zero attached hydrogens (tertiary/aromatic N) is 3. The molecule has 0 aliphatic carbocycles. The number of aliphatic hydroxyl groups is 1. The van der Waals surface area contributed by atoms with Gasteiger partial charge in [0.05, 0.1) is 15.9 Å². The Morgan fingerprint density at radius 2 is 2.05 bits per heavy atom. The minimum Gasteiger partial charge on any atom is -0.361 e. The molecule has 2 heterocycles. The monoisotopic (exact) mass is 386 g/mol. The second-order valence-corrected chi connectivity index (χ2v) is 5.40. The number of hydrogen-bond acceptors (Lipinski definition) is 4. The molecule has 0 fully saturated rings. The van der Waals surface area contributed by atoms with E-state index in [2.05, 4.69) is 21.0 Å². The number of carbonyl (C=O) groups excluding carboxylic acids is 1. The first-order valence-corrected chi connectivity index (χ1v) is 6.70. The predicted molar refractivity (Wildman–Crippen MR) is 70.0 cm³/mol. The van der Waals surface area contributed by atoms with E-state index in [9.17, 15) is 27.5 Å². The number of hydrogen-bond donors (Lipinski definition) is 2. The van der Waals surface area contributed by atoms with Crippen molar-refractivity contribution < 1.29 is 27.5 Å². The summed E-state index contributed by atoms with van der Waals surface area (Å²) in [6, 6.07) is 0. The molecule has 0 saturated carbocycles. The summed E-state index contributed by atoms with van der Waals surface area (Å²) in [5.74, 6) is -1.13. The van der Waals surface area contributed by atoms with Crippen molar-refractivity contribution in [2.45, 2.75) is 25.5 Å². The van der Waals surface area contributed by atoms with E-state index in [0.29, 0.717) is 5.69 Å². The highest BCUT2D eigenvalue weighted by Crippen LogP contribution is 2.32. The fourth-order valence-electron chi connectivity index (χ4n) is 2.00. The van der Waals surface area contributed by atoms with Crippen LogP contribution in [-0.2, 0) is 7.05 Å². The van der Waals surface area contributed by atoms with Crippen LogP contribution in [0.25, 0.3) is 0 Å². The second-order valence-electron chi connectivity index (χ2n) is 4.61. The lowest BCUT2D eigenvalue weighted by atomic mass is 10.2. The summed E-state index contributed by atoms with van der Waals surface area (Å²) in [4.78, 5) is 12.4. The topological polar surface area (TPSA) is 70.4 Å². The van der Waals surface area contributed by atoms with Crippen molar-refractivity contribution in [3.05, 3.63) is 27.6 Å². The molecule has 6 nitrogen and oxygen atoms in total. The van der Waals surface area contributed by atoms with E-state index in [1.165, 1.54) is 7.05 Å². The van der Waals surface area contributed by atoms with E-state index >= 15 is 0 Å². The summed E-state index contributed by atoms with van der Waals surface area (Å²) in [5, 5.41) is 13.9. The number of nitrogens with one attached hydrogen (secondary N) is 1. The molecule has 1 atom stereocenters. The third-order valence-electron chi connectivity index (χ3n) is 3.08. The molecule has 0 spiro atoms. The molecular weight excluding hydrogens is 376 g/mol. The number of hydrazine groups is 1. The predicted octanol–water partition coefficient (Wildman–Crippen LogP) is 1.55. The maximum Gasteiger partial charge on any atom is 0.294 e. The number of aromatic nitrogens is 2. The van der Waals surface area contributed by atoms with Crippen molar-refractivity contribution >= 4 is 21.8 Å². The van der Waals surface area contributed by atoms with Crippen molar-refractivity contribution in [2.75, 3.05) is 0 Å². The molecule has 2 rings (SSSR count). The highest BCUT2D eigenvalue weighted by atomic mass is 79.9. The molecule has 122 valence electrons. The van der Waals surface area contributed by atoms with Crippen molar-refractivity contribution in [1.82, 2.24) is 20.2 Å². The highest BCUT2D eigenvalue weighted by molar-refractivity contribution is 9.10. The molecule has 11 heteroatoms. The van der Waals surface area contributed by atoms with Gasteiger partial charge in [-0.2, -0.15) is 5.10 Å². The van der Waals surface area contributed by atoms with E-state index < -0.39 is 30.2 Å². The van der Waals surface area contributed by atoms with Crippen LogP contribution in [0.4, 0.5) is 17.6 Å². The van der Waals surface area contributed by atoms with Gasteiger partial charge in [0.1, 0.15) is 5.69 Å². The summed E-state index contributed by atoms with van der Waals surface area (Å²) in [6.07, 6.45) is -6.41. The Morgan fingerprint density at radius 1 is 1.45 bits per heavy atom. The SMILES string of the molecule is Cc1nn(C)c(C(=O)N2NC(C(F)F)=CC2(O)C(F)F)c1Br. The fraction of sp³-hybridized carbons (Fsp3) is 0.455.